The van der Waals surface area contributed by atoms with Crippen LogP contribution in [0, 0.1) is 35.5 Å². The Hall–Kier alpha value is -2.20. The van der Waals surface area contributed by atoms with Crippen LogP contribution in [-0.4, -0.2) is 53.1 Å². The van der Waals surface area contributed by atoms with Gasteiger partial charge in [0.25, 0.3) is 0 Å². The van der Waals surface area contributed by atoms with Crippen molar-refractivity contribution in [3.63, 3.8) is 0 Å². The Bertz CT molecular complexity index is 693. The highest BCUT2D eigenvalue weighted by molar-refractivity contribution is 5.86. The molecule has 3 rings (SSSR count). The maximum Gasteiger partial charge on any atom is 0.243 e. The number of carbonyl (C=O) groups is 1. The molecule has 7 heteroatoms. The number of nitrogens with one attached hydrogen (secondary N) is 1. The van der Waals surface area contributed by atoms with Gasteiger partial charge < -0.3 is 15.0 Å². The van der Waals surface area contributed by atoms with Crippen LogP contribution in [0.5, 0.6) is 0 Å². The maximum atomic E-state index is 13.2. The number of amides is 1. The fourth-order valence-electron chi connectivity index (χ4n) is 3.95. The van der Waals surface area contributed by atoms with E-state index in [-0.39, 0.29) is 11.9 Å². The number of hydrogen-bond acceptors (Lipinski definition) is 6. The summed E-state index contributed by atoms with van der Waals surface area (Å²) in [6, 6.07) is 4.26. The van der Waals surface area contributed by atoms with Gasteiger partial charge in [0.05, 0.1) is 6.07 Å². The Balaban J connectivity index is 1.76. The Morgan fingerprint density at radius 1 is 1.42 bits per heavy atom. The van der Waals surface area contributed by atoms with Crippen molar-refractivity contribution in [1.29, 1.82) is 5.26 Å². The molecule has 2 aliphatic rings. The van der Waals surface area contributed by atoms with Crippen molar-refractivity contribution in [2.75, 3.05) is 31.6 Å². The highest BCUT2D eigenvalue weighted by Crippen LogP contribution is 2.35. The molecule has 0 saturated carbocycles. The third-order valence-corrected chi connectivity index (χ3v) is 5.59. The second-order valence-electron chi connectivity index (χ2n) is 7.66. The standard InChI is InChI=1S/C19H27N5O2/c1-13(2)15-10-24(18(25)19(12-20)5-8-26-9-6-19)11-16(15)23-17-4-7-21-14(3)22-17/h4,7,13,15-16H,5-6,8-11H2,1-3H3,(H,21,22,23)/t15-,16+/m1/s1. The summed E-state index contributed by atoms with van der Waals surface area (Å²) in [5.41, 5.74) is -0.930. The van der Waals surface area contributed by atoms with Crippen molar-refractivity contribution < 1.29 is 9.53 Å². The van der Waals surface area contributed by atoms with Crippen LogP contribution in [0.3, 0.4) is 0 Å². The van der Waals surface area contributed by atoms with Gasteiger partial charge in [-0.05, 0) is 31.7 Å². The van der Waals surface area contributed by atoms with Crippen LogP contribution in [0.2, 0.25) is 0 Å². The van der Waals surface area contributed by atoms with E-state index in [9.17, 15) is 10.1 Å². The monoisotopic (exact) mass is 357 g/mol. The molecule has 2 atom stereocenters. The number of aryl methyl sites for hydroxylation is 1. The summed E-state index contributed by atoms with van der Waals surface area (Å²) in [4.78, 5) is 23.6. The van der Waals surface area contributed by atoms with E-state index in [1.807, 2.05) is 17.9 Å². The summed E-state index contributed by atoms with van der Waals surface area (Å²) in [6.07, 6.45) is 2.70. The van der Waals surface area contributed by atoms with Crippen molar-refractivity contribution in [3.8, 4) is 6.07 Å². The van der Waals surface area contributed by atoms with Gasteiger partial charge in [-0.3, -0.25) is 4.79 Å². The molecule has 2 fully saturated rings. The summed E-state index contributed by atoms with van der Waals surface area (Å²) in [6.45, 7) is 8.42. The zero-order valence-corrected chi connectivity index (χ0v) is 15.7. The molecule has 3 heterocycles. The highest BCUT2D eigenvalue weighted by Gasteiger charge is 2.47. The number of ether oxygens (including phenoxy) is 1. The maximum absolute atomic E-state index is 13.2. The first-order chi connectivity index (χ1) is 12.4. The van der Waals surface area contributed by atoms with Crippen molar-refractivity contribution in [2.45, 2.75) is 39.7 Å². The number of rotatable bonds is 4. The highest BCUT2D eigenvalue weighted by atomic mass is 16.5. The molecule has 1 aromatic rings. The number of carbonyl (C=O) groups excluding carboxylic acids is 1. The van der Waals surface area contributed by atoms with Gasteiger partial charge in [0.1, 0.15) is 17.1 Å². The smallest absolute Gasteiger partial charge is 0.243 e. The van der Waals surface area contributed by atoms with E-state index in [1.54, 1.807) is 6.20 Å². The van der Waals surface area contributed by atoms with Gasteiger partial charge in [-0.25, -0.2) is 9.97 Å². The molecule has 26 heavy (non-hydrogen) atoms. The molecule has 1 N–H and O–H groups in total. The van der Waals surface area contributed by atoms with Gasteiger partial charge in [-0.2, -0.15) is 5.26 Å². The Labute approximate surface area is 154 Å². The molecule has 0 bridgehead atoms. The molecule has 1 amide bonds. The lowest BCUT2D eigenvalue weighted by molar-refractivity contribution is -0.142. The molecule has 1 aromatic heterocycles. The molecule has 0 unspecified atom stereocenters. The number of likely N-dealkylation sites (tertiary alicyclic amines) is 1. The molecule has 0 radical (unpaired) electrons. The zero-order chi connectivity index (χ0) is 18.7. The van der Waals surface area contributed by atoms with E-state index in [1.165, 1.54) is 0 Å². The first-order valence-corrected chi connectivity index (χ1v) is 9.30. The molecule has 0 spiro atoms. The van der Waals surface area contributed by atoms with Gasteiger partial charge in [0.2, 0.25) is 5.91 Å². The van der Waals surface area contributed by atoms with Gasteiger partial charge in [-0.15, -0.1) is 0 Å². The van der Waals surface area contributed by atoms with Crippen LogP contribution in [0.1, 0.15) is 32.5 Å². The molecular weight excluding hydrogens is 330 g/mol. The second kappa shape index (κ2) is 7.58. The quantitative estimate of drug-likeness (QED) is 0.886. The zero-order valence-electron chi connectivity index (χ0n) is 15.7. The summed E-state index contributed by atoms with van der Waals surface area (Å²) in [5, 5.41) is 13.2. The van der Waals surface area contributed by atoms with Crippen LogP contribution in [-0.2, 0) is 9.53 Å². The average Bonchev–Trinajstić information content (AvgIpc) is 3.05. The number of aromatic nitrogens is 2. The van der Waals surface area contributed by atoms with Crippen LogP contribution in [0.15, 0.2) is 12.3 Å². The predicted molar refractivity (Wildman–Crippen MR) is 97.2 cm³/mol. The lowest BCUT2D eigenvalue weighted by Gasteiger charge is -2.33. The molecular formula is C19H27N5O2. The molecule has 2 saturated heterocycles. The molecule has 0 aliphatic carbocycles. The largest absolute Gasteiger partial charge is 0.381 e. The Morgan fingerprint density at radius 3 is 2.77 bits per heavy atom. The lowest BCUT2D eigenvalue weighted by Crippen LogP contribution is -2.46. The summed E-state index contributed by atoms with van der Waals surface area (Å²) in [7, 11) is 0. The van der Waals surface area contributed by atoms with Crippen LogP contribution >= 0.6 is 0 Å². The normalized spacial score (nSPS) is 25.1. The predicted octanol–water partition coefficient (Wildman–Crippen LogP) is 2.00. The van der Waals surface area contributed by atoms with E-state index in [4.69, 9.17) is 4.74 Å². The number of hydrogen-bond donors (Lipinski definition) is 1. The topological polar surface area (TPSA) is 91.1 Å². The summed E-state index contributed by atoms with van der Waals surface area (Å²) in [5.74, 6) is 2.18. The Morgan fingerprint density at radius 2 is 2.15 bits per heavy atom. The van der Waals surface area contributed by atoms with E-state index >= 15 is 0 Å². The molecule has 2 aliphatic heterocycles. The first kappa shape index (κ1) is 18.6. The van der Waals surface area contributed by atoms with Gasteiger partial charge in [0, 0.05) is 44.5 Å². The fraction of sp³-hybridized carbons (Fsp3) is 0.684. The number of nitriles is 1. The Kier molecular flexibility index (Phi) is 5.42. The second-order valence-corrected chi connectivity index (χ2v) is 7.66. The summed E-state index contributed by atoms with van der Waals surface area (Å²) < 4.78 is 5.36. The minimum absolute atomic E-state index is 0.0443. The minimum atomic E-state index is -0.930. The van der Waals surface area contributed by atoms with Crippen LogP contribution < -0.4 is 5.32 Å². The third-order valence-electron chi connectivity index (χ3n) is 5.59. The first-order valence-electron chi connectivity index (χ1n) is 9.30. The minimum Gasteiger partial charge on any atom is -0.381 e. The van der Waals surface area contributed by atoms with Gasteiger partial charge >= 0.3 is 0 Å². The van der Waals surface area contributed by atoms with Crippen LogP contribution in [0.25, 0.3) is 0 Å². The van der Waals surface area contributed by atoms with E-state index in [2.05, 4.69) is 35.2 Å². The van der Waals surface area contributed by atoms with Crippen LogP contribution in [0.4, 0.5) is 5.82 Å². The molecule has 7 nitrogen and oxygen atoms in total. The molecule has 0 aromatic carbocycles. The lowest BCUT2D eigenvalue weighted by atomic mass is 9.80. The third kappa shape index (κ3) is 3.65. The summed E-state index contributed by atoms with van der Waals surface area (Å²) >= 11 is 0. The number of anilines is 1. The van der Waals surface area contributed by atoms with Crippen molar-refractivity contribution in [3.05, 3.63) is 18.1 Å². The molecule has 140 valence electrons. The van der Waals surface area contributed by atoms with Gasteiger partial charge in [0.15, 0.2) is 0 Å². The van der Waals surface area contributed by atoms with E-state index in [0.29, 0.717) is 56.8 Å². The van der Waals surface area contributed by atoms with Gasteiger partial charge in [-0.1, -0.05) is 13.8 Å². The SMILES string of the molecule is Cc1nccc(N[C@H]2CN(C(=O)C3(C#N)CCOCC3)C[C@@H]2C(C)C)n1. The van der Waals surface area contributed by atoms with Crippen molar-refractivity contribution >= 4 is 11.7 Å². The fourth-order valence-corrected chi connectivity index (χ4v) is 3.95. The average molecular weight is 357 g/mol. The van der Waals surface area contributed by atoms with E-state index < -0.39 is 5.41 Å². The van der Waals surface area contributed by atoms with Crippen molar-refractivity contribution in [2.24, 2.45) is 17.3 Å². The number of nitrogens with zero attached hydrogens (tertiary/aromatic N) is 4. The van der Waals surface area contributed by atoms with E-state index in [0.717, 1.165) is 5.82 Å². The van der Waals surface area contributed by atoms with Crippen molar-refractivity contribution in [1.82, 2.24) is 14.9 Å².